The van der Waals surface area contributed by atoms with Gasteiger partial charge in [0.05, 0.1) is 5.69 Å². The minimum Gasteiger partial charge on any atom is -0.368 e. The standard InChI is InChI=1S/C12H14N4/c1-10-5-6-12(16-15-10)14-9-7-11-4-2-3-8-13-11/h2-6,8H,7,9H2,1H3,(H,14,16). The molecule has 4 heteroatoms. The van der Waals surface area contributed by atoms with E-state index in [1.165, 1.54) is 0 Å². The monoisotopic (exact) mass is 214 g/mol. The topological polar surface area (TPSA) is 50.7 Å². The molecule has 16 heavy (non-hydrogen) atoms. The lowest BCUT2D eigenvalue weighted by Crippen LogP contribution is -2.07. The van der Waals surface area contributed by atoms with Crippen LogP contribution in [0, 0.1) is 6.92 Å². The number of rotatable bonds is 4. The summed E-state index contributed by atoms with van der Waals surface area (Å²) in [6.07, 6.45) is 2.69. The first-order chi connectivity index (χ1) is 7.84. The molecule has 0 saturated heterocycles. The number of pyridine rings is 1. The van der Waals surface area contributed by atoms with Gasteiger partial charge in [-0.05, 0) is 31.2 Å². The van der Waals surface area contributed by atoms with Crippen molar-refractivity contribution >= 4 is 5.82 Å². The fraction of sp³-hybridized carbons (Fsp3) is 0.250. The van der Waals surface area contributed by atoms with Crippen molar-refractivity contribution < 1.29 is 0 Å². The Balaban J connectivity index is 1.82. The van der Waals surface area contributed by atoms with Crippen LogP contribution in [-0.2, 0) is 6.42 Å². The summed E-state index contributed by atoms with van der Waals surface area (Å²) >= 11 is 0. The molecule has 0 aromatic carbocycles. The molecule has 0 aliphatic rings. The summed E-state index contributed by atoms with van der Waals surface area (Å²) in [5, 5.41) is 11.2. The van der Waals surface area contributed by atoms with Gasteiger partial charge in [-0.25, -0.2) is 0 Å². The van der Waals surface area contributed by atoms with Gasteiger partial charge in [0.2, 0.25) is 0 Å². The Labute approximate surface area is 94.8 Å². The Kier molecular flexibility index (Phi) is 3.43. The fourth-order valence-corrected chi connectivity index (χ4v) is 1.36. The van der Waals surface area contributed by atoms with Gasteiger partial charge in [0.15, 0.2) is 0 Å². The highest BCUT2D eigenvalue weighted by molar-refractivity contribution is 5.32. The zero-order chi connectivity index (χ0) is 11.2. The van der Waals surface area contributed by atoms with Gasteiger partial charge >= 0.3 is 0 Å². The molecule has 0 atom stereocenters. The van der Waals surface area contributed by atoms with Crippen molar-refractivity contribution in [3.05, 3.63) is 47.9 Å². The molecular weight excluding hydrogens is 200 g/mol. The Morgan fingerprint density at radius 1 is 1.12 bits per heavy atom. The number of nitrogens with zero attached hydrogens (tertiary/aromatic N) is 3. The van der Waals surface area contributed by atoms with Crippen molar-refractivity contribution in [1.29, 1.82) is 0 Å². The van der Waals surface area contributed by atoms with Crippen LogP contribution in [0.5, 0.6) is 0 Å². The zero-order valence-electron chi connectivity index (χ0n) is 9.22. The number of aryl methyl sites for hydroxylation is 1. The highest BCUT2D eigenvalue weighted by Crippen LogP contribution is 2.01. The fourth-order valence-electron chi connectivity index (χ4n) is 1.36. The molecule has 0 radical (unpaired) electrons. The minimum absolute atomic E-state index is 0.807. The van der Waals surface area contributed by atoms with Gasteiger partial charge in [-0.3, -0.25) is 4.98 Å². The number of aromatic nitrogens is 3. The average molecular weight is 214 g/mol. The lowest BCUT2D eigenvalue weighted by molar-refractivity contribution is 0.924. The van der Waals surface area contributed by atoms with Crippen molar-refractivity contribution in [2.75, 3.05) is 11.9 Å². The van der Waals surface area contributed by atoms with Gasteiger partial charge in [0, 0.05) is 24.9 Å². The summed E-state index contributed by atoms with van der Waals surface area (Å²) in [7, 11) is 0. The van der Waals surface area contributed by atoms with Crippen LogP contribution in [0.25, 0.3) is 0 Å². The molecule has 1 N–H and O–H groups in total. The number of hydrogen-bond donors (Lipinski definition) is 1. The maximum Gasteiger partial charge on any atom is 0.148 e. The molecule has 0 fully saturated rings. The lowest BCUT2D eigenvalue weighted by atomic mass is 10.3. The van der Waals surface area contributed by atoms with Crippen LogP contribution in [-0.4, -0.2) is 21.7 Å². The quantitative estimate of drug-likeness (QED) is 0.843. The highest BCUT2D eigenvalue weighted by atomic mass is 15.2. The van der Waals surface area contributed by atoms with E-state index < -0.39 is 0 Å². The minimum atomic E-state index is 0.807. The van der Waals surface area contributed by atoms with Crippen molar-refractivity contribution in [3.63, 3.8) is 0 Å². The van der Waals surface area contributed by atoms with Gasteiger partial charge in [0.1, 0.15) is 5.82 Å². The van der Waals surface area contributed by atoms with Crippen LogP contribution in [0.2, 0.25) is 0 Å². The number of anilines is 1. The summed E-state index contributed by atoms with van der Waals surface area (Å²) in [4.78, 5) is 4.25. The molecule has 2 rings (SSSR count). The first kappa shape index (κ1) is 10.5. The Morgan fingerprint density at radius 2 is 2.06 bits per heavy atom. The van der Waals surface area contributed by atoms with E-state index in [1.807, 2.05) is 37.3 Å². The second kappa shape index (κ2) is 5.21. The van der Waals surface area contributed by atoms with E-state index in [1.54, 1.807) is 6.20 Å². The Morgan fingerprint density at radius 3 is 2.75 bits per heavy atom. The smallest absolute Gasteiger partial charge is 0.148 e. The molecule has 0 amide bonds. The van der Waals surface area contributed by atoms with Gasteiger partial charge in [0.25, 0.3) is 0 Å². The third-order valence-electron chi connectivity index (χ3n) is 2.21. The first-order valence-corrected chi connectivity index (χ1v) is 5.29. The van der Waals surface area contributed by atoms with E-state index >= 15 is 0 Å². The third kappa shape index (κ3) is 3.02. The number of nitrogens with one attached hydrogen (secondary N) is 1. The van der Waals surface area contributed by atoms with E-state index in [4.69, 9.17) is 0 Å². The molecule has 0 saturated carbocycles. The second-order valence-electron chi connectivity index (χ2n) is 3.56. The molecule has 2 aromatic rings. The molecule has 0 unspecified atom stereocenters. The largest absolute Gasteiger partial charge is 0.368 e. The second-order valence-corrected chi connectivity index (χ2v) is 3.56. The van der Waals surface area contributed by atoms with Crippen molar-refractivity contribution in [2.24, 2.45) is 0 Å². The summed E-state index contributed by atoms with van der Waals surface area (Å²) in [6, 6.07) is 9.80. The zero-order valence-corrected chi connectivity index (χ0v) is 9.22. The van der Waals surface area contributed by atoms with Crippen molar-refractivity contribution in [1.82, 2.24) is 15.2 Å². The predicted molar refractivity (Wildman–Crippen MR) is 63.2 cm³/mol. The highest BCUT2D eigenvalue weighted by Gasteiger charge is 1.95. The molecule has 0 spiro atoms. The molecular formula is C12H14N4. The number of hydrogen-bond acceptors (Lipinski definition) is 4. The van der Waals surface area contributed by atoms with Gasteiger partial charge < -0.3 is 5.32 Å². The van der Waals surface area contributed by atoms with Crippen LogP contribution < -0.4 is 5.32 Å². The predicted octanol–water partition coefficient (Wildman–Crippen LogP) is 1.83. The van der Waals surface area contributed by atoms with Crippen LogP contribution in [0.1, 0.15) is 11.4 Å². The van der Waals surface area contributed by atoms with Crippen molar-refractivity contribution in [3.8, 4) is 0 Å². The summed E-state index contributed by atoms with van der Waals surface area (Å²) < 4.78 is 0. The molecule has 82 valence electrons. The van der Waals surface area contributed by atoms with Crippen LogP contribution in [0.3, 0.4) is 0 Å². The average Bonchev–Trinajstić information content (AvgIpc) is 2.33. The SMILES string of the molecule is Cc1ccc(NCCc2ccccn2)nn1. The maximum atomic E-state index is 4.25. The summed E-state index contributed by atoms with van der Waals surface area (Å²) in [6.45, 7) is 2.74. The Hall–Kier alpha value is -1.97. The van der Waals surface area contributed by atoms with Crippen LogP contribution in [0.4, 0.5) is 5.82 Å². The first-order valence-electron chi connectivity index (χ1n) is 5.29. The third-order valence-corrected chi connectivity index (χ3v) is 2.21. The maximum absolute atomic E-state index is 4.25. The van der Waals surface area contributed by atoms with E-state index in [9.17, 15) is 0 Å². The van der Waals surface area contributed by atoms with E-state index in [-0.39, 0.29) is 0 Å². The van der Waals surface area contributed by atoms with Gasteiger partial charge in [-0.1, -0.05) is 6.07 Å². The molecule has 0 aliphatic carbocycles. The normalized spacial score (nSPS) is 10.1. The van der Waals surface area contributed by atoms with Crippen LogP contribution >= 0.6 is 0 Å². The van der Waals surface area contributed by atoms with E-state index in [0.717, 1.165) is 30.2 Å². The molecule has 4 nitrogen and oxygen atoms in total. The summed E-state index contributed by atoms with van der Waals surface area (Å²) in [5.41, 5.74) is 2.00. The van der Waals surface area contributed by atoms with E-state index in [2.05, 4.69) is 20.5 Å². The van der Waals surface area contributed by atoms with Gasteiger partial charge in [-0.15, -0.1) is 5.10 Å². The van der Waals surface area contributed by atoms with Gasteiger partial charge in [-0.2, -0.15) is 5.10 Å². The lowest BCUT2D eigenvalue weighted by Gasteiger charge is -2.04. The van der Waals surface area contributed by atoms with Crippen molar-refractivity contribution in [2.45, 2.75) is 13.3 Å². The molecule has 2 heterocycles. The van der Waals surface area contributed by atoms with E-state index in [0.29, 0.717) is 0 Å². The van der Waals surface area contributed by atoms with Crippen LogP contribution in [0.15, 0.2) is 36.5 Å². The Bertz CT molecular complexity index is 425. The summed E-state index contributed by atoms with van der Waals surface area (Å²) in [5.74, 6) is 0.807. The molecule has 0 aliphatic heterocycles. The molecule has 2 aromatic heterocycles. The molecule has 0 bridgehead atoms.